The molecule has 0 unspecified atom stereocenters. The summed E-state index contributed by atoms with van der Waals surface area (Å²) in [6.07, 6.45) is 0. The van der Waals surface area contributed by atoms with Gasteiger partial charge in [-0.15, -0.1) is 10.2 Å². The van der Waals surface area contributed by atoms with Gasteiger partial charge in [0.2, 0.25) is 11.0 Å². The molecule has 0 fully saturated rings. The number of aryl methyl sites for hydroxylation is 1. The van der Waals surface area contributed by atoms with Crippen molar-refractivity contribution in [3.63, 3.8) is 0 Å². The highest BCUT2D eigenvalue weighted by atomic mass is 32.2. The molecule has 0 bridgehead atoms. The molecule has 0 radical (unpaired) electrons. The van der Waals surface area contributed by atoms with Crippen LogP contribution in [-0.2, 0) is 4.79 Å². The first-order chi connectivity index (χ1) is 11.0. The first-order valence-electron chi connectivity index (χ1n) is 6.74. The van der Waals surface area contributed by atoms with Gasteiger partial charge in [-0.1, -0.05) is 29.2 Å². The van der Waals surface area contributed by atoms with Crippen molar-refractivity contribution in [1.82, 2.24) is 10.2 Å². The number of thioether (sulfide) groups is 1. The molecule has 0 aliphatic heterocycles. The van der Waals surface area contributed by atoms with Crippen molar-refractivity contribution in [3.8, 4) is 0 Å². The van der Waals surface area contributed by atoms with Crippen LogP contribution in [0.25, 0.3) is 0 Å². The number of aromatic nitrogens is 2. The zero-order chi connectivity index (χ0) is 16.8. The first kappa shape index (κ1) is 17.2. The Hall–Kier alpha value is -2.20. The lowest BCUT2D eigenvalue weighted by molar-refractivity contribution is -0.384. The van der Waals surface area contributed by atoms with Gasteiger partial charge < -0.3 is 10.6 Å². The number of rotatable bonds is 7. The van der Waals surface area contributed by atoms with Crippen molar-refractivity contribution < 1.29 is 9.72 Å². The Morgan fingerprint density at radius 3 is 2.91 bits per heavy atom. The maximum absolute atomic E-state index is 12.0. The van der Waals surface area contributed by atoms with Crippen molar-refractivity contribution in [1.29, 1.82) is 0 Å². The molecule has 0 saturated heterocycles. The largest absolute Gasteiger partial charge is 0.360 e. The van der Waals surface area contributed by atoms with Crippen molar-refractivity contribution >= 4 is 45.5 Å². The molecule has 1 aromatic carbocycles. The molecule has 122 valence electrons. The zero-order valence-corrected chi connectivity index (χ0v) is 14.2. The quantitative estimate of drug-likeness (QED) is 0.447. The van der Waals surface area contributed by atoms with Crippen LogP contribution in [0.4, 0.5) is 16.5 Å². The Balaban J connectivity index is 1.94. The highest BCUT2D eigenvalue weighted by Gasteiger charge is 2.12. The van der Waals surface area contributed by atoms with E-state index in [-0.39, 0.29) is 17.3 Å². The monoisotopic (exact) mass is 353 g/mol. The normalized spacial score (nSPS) is 10.3. The van der Waals surface area contributed by atoms with Crippen molar-refractivity contribution in [2.24, 2.45) is 0 Å². The van der Waals surface area contributed by atoms with Gasteiger partial charge in [0, 0.05) is 18.7 Å². The molecular weight excluding hydrogens is 338 g/mol. The number of non-ortho nitro benzene ring substituents is 1. The lowest BCUT2D eigenvalue weighted by Crippen LogP contribution is -2.15. The molecule has 0 aliphatic rings. The van der Waals surface area contributed by atoms with E-state index < -0.39 is 4.92 Å². The third-order valence-corrected chi connectivity index (χ3v) is 4.78. The van der Waals surface area contributed by atoms with Crippen LogP contribution in [0.15, 0.2) is 22.5 Å². The number of benzene rings is 1. The summed E-state index contributed by atoms with van der Waals surface area (Å²) < 4.78 is 0.687. The third kappa shape index (κ3) is 4.89. The second kappa shape index (κ2) is 7.88. The molecule has 23 heavy (non-hydrogen) atoms. The number of carbonyl (C=O) groups is 1. The van der Waals surface area contributed by atoms with E-state index in [1.54, 1.807) is 13.0 Å². The standard InChI is InChI=1S/C13H15N5O3S2/c1-3-14-12-16-17-13(23-12)22-7-11(19)15-10-6-9(18(20)21)5-4-8(10)2/h4-6H,3,7H2,1-2H3,(H,14,16)(H,15,19). The van der Waals surface area contributed by atoms with Gasteiger partial charge in [-0.05, 0) is 19.4 Å². The smallest absolute Gasteiger partial charge is 0.271 e. The first-order valence-corrected chi connectivity index (χ1v) is 8.55. The summed E-state index contributed by atoms with van der Waals surface area (Å²) in [6, 6.07) is 4.36. The summed E-state index contributed by atoms with van der Waals surface area (Å²) in [7, 11) is 0. The fourth-order valence-corrected chi connectivity index (χ4v) is 3.28. The van der Waals surface area contributed by atoms with Gasteiger partial charge in [-0.2, -0.15) is 0 Å². The molecule has 2 aromatic rings. The van der Waals surface area contributed by atoms with Crippen LogP contribution in [-0.4, -0.2) is 33.3 Å². The highest BCUT2D eigenvalue weighted by molar-refractivity contribution is 8.01. The second-order valence-electron chi connectivity index (χ2n) is 4.50. The fraction of sp³-hybridized carbons (Fsp3) is 0.308. The Morgan fingerprint density at radius 1 is 1.43 bits per heavy atom. The second-order valence-corrected chi connectivity index (χ2v) is 6.70. The van der Waals surface area contributed by atoms with E-state index in [9.17, 15) is 14.9 Å². The van der Waals surface area contributed by atoms with Gasteiger partial charge in [0.05, 0.1) is 16.4 Å². The van der Waals surface area contributed by atoms with Crippen LogP contribution in [0, 0.1) is 17.0 Å². The molecule has 2 rings (SSSR count). The van der Waals surface area contributed by atoms with E-state index in [1.807, 2.05) is 6.92 Å². The molecule has 0 aliphatic carbocycles. The number of carbonyl (C=O) groups excluding carboxylic acids is 1. The summed E-state index contributed by atoms with van der Waals surface area (Å²) in [5.74, 6) is -0.0955. The molecule has 0 atom stereocenters. The molecule has 0 saturated carbocycles. The lowest BCUT2D eigenvalue weighted by Gasteiger charge is -2.07. The molecular formula is C13H15N5O3S2. The lowest BCUT2D eigenvalue weighted by atomic mass is 10.2. The van der Waals surface area contributed by atoms with Gasteiger partial charge in [0.15, 0.2) is 4.34 Å². The maximum atomic E-state index is 12.0. The number of hydrogen-bond donors (Lipinski definition) is 2. The molecule has 2 N–H and O–H groups in total. The van der Waals surface area contributed by atoms with Gasteiger partial charge in [-0.3, -0.25) is 14.9 Å². The minimum absolute atomic E-state index is 0.0574. The Kier molecular flexibility index (Phi) is 5.88. The van der Waals surface area contributed by atoms with Crippen LogP contribution in [0.5, 0.6) is 0 Å². The van der Waals surface area contributed by atoms with E-state index in [1.165, 1.54) is 35.2 Å². The SMILES string of the molecule is CCNc1nnc(SCC(=O)Nc2cc([N+](=O)[O-])ccc2C)s1. The number of amides is 1. The maximum Gasteiger partial charge on any atom is 0.271 e. The Morgan fingerprint density at radius 2 is 2.22 bits per heavy atom. The number of nitro groups is 1. The highest BCUT2D eigenvalue weighted by Crippen LogP contribution is 2.26. The van der Waals surface area contributed by atoms with E-state index >= 15 is 0 Å². The molecule has 8 nitrogen and oxygen atoms in total. The fourth-order valence-electron chi connectivity index (χ4n) is 1.66. The van der Waals surface area contributed by atoms with Crippen molar-refractivity contribution in [2.75, 3.05) is 22.9 Å². The van der Waals surface area contributed by atoms with Gasteiger partial charge in [0.25, 0.3) is 5.69 Å². The predicted octanol–water partition coefficient (Wildman–Crippen LogP) is 2.92. The Labute approximate surface area is 140 Å². The number of anilines is 2. The summed E-state index contributed by atoms with van der Waals surface area (Å²) in [5, 5.41) is 25.1. The average molecular weight is 353 g/mol. The molecule has 10 heteroatoms. The van der Waals surface area contributed by atoms with Crippen LogP contribution >= 0.6 is 23.1 Å². The molecule has 1 amide bonds. The summed E-state index contributed by atoms with van der Waals surface area (Å²) in [6.45, 7) is 4.49. The molecule has 1 aromatic heterocycles. The summed E-state index contributed by atoms with van der Waals surface area (Å²) in [5.41, 5.74) is 1.15. The predicted molar refractivity (Wildman–Crippen MR) is 91.3 cm³/mol. The van der Waals surface area contributed by atoms with Crippen LogP contribution in [0.2, 0.25) is 0 Å². The molecule has 1 heterocycles. The van der Waals surface area contributed by atoms with Crippen LogP contribution in [0.1, 0.15) is 12.5 Å². The van der Waals surface area contributed by atoms with Gasteiger partial charge >= 0.3 is 0 Å². The van der Waals surface area contributed by atoms with Crippen molar-refractivity contribution in [3.05, 3.63) is 33.9 Å². The minimum Gasteiger partial charge on any atom is -0.360 e. The topological polar surface area (TPSA) is 110 Å². The van der Waals surface area contributed by atoms with E-state index in [4.69, 9.17) is 0 Å². The van der Waals surface area contributed by atoms with E-state index in [0.29, 0.717) is 15.2 Å². The van der Waals surface area contributed by atoms with Gasteiger partial charge in [-0.25, -0.2) is 0 Å². The van der Waals surface area contributed by atoms with Crippen LogP contribution < -0.4 is 10.6 Å². The molecule has 0 spiro atoms. The minimum atomic E-state index is -0.493. The Bertz CT molecular complexity index is 719. The van der Waals surface area contributed by atoms with Gasteiger partial charge in [0.1, 0.15) is 0 Å². The average Bonchev–Trinajstić information content (AvgIpc) is 2.95. The third-order valence-electron chi connectivity index (χ3n) is 2.77. The van der Waals surface area contributed by atoms with E-state index in [2.05, 4.69) is 20.8 Å². The summed E-state index contributed by atoms with van der Waals surface area (Å²) >= 11 is 2.65. The number of nitro benzene ring substituents is 1. The van der Waals surface area contributed by atoms with Crippen LogP contribution in [0.3, 0.4) is 0 Å². The zero-order valence-electron chi connectivity index (χ0n) is 12.5. The summed E-state index contributed by atoms with van der Waals surface area (Å²) in [4.78, 5) is 22.3. The van der Waals surface area contributed by atoms with E-state index in [0.717, 1.165) is 12.1 Å². The number of hydrogen-bond acceptors (Lipinski definition) is 8. The van der Waals surface area contributed by atoms with Crippen molar-refractivity contribution in [2.45, 2.75) is 18.2 Å². The number of nitrogens with one attached hydrogen (secondary N) is 2. The number of nitrogens with zero attached hydrogens (tertiary/aromatic N) is 3.